The predicted octanol–water partition coefficient (Wildman–Crippen LogP) is 1.71. The molecule has 3 heterocycles. The number of rotatable bonds is 5. The number of nitrogens with zero attached hydrogens (tertiary/aromatic N) is 3. The summed E-state index contributed by atoms with van der Waals surface area (Å²) in [6.07, 6.45) is 7.14. The van der Waals surface area contributed by atoms with Crippen LogP contribution < -0.4 is 5.73 Å². The molecule has 0 unspecified atom stereocenters. The van der Waals surface area contributed by atoms with E-state index in [9.17, 15) is 9.59 Å². The van der Waals surface area contributed by atoms with Crippen LogP contribution in [0.25, 0.3) is 0 Å². The first-order valence-electron chi connectivity index (χ1n) is 10.4. The molecule has 2 fully saturated rings. The Balaban J connectivity index is 1.34. The van der Waals surface area contributed by atoms with E-state index >= 15 is 0 Å². The summed E-state index contributed by atoms with van der Waals surface area (Å²) in [6.45, 7) is 2.87. The first kappa shape index (κ1) is 19.6. The van der Waals surface area contributed by atoms with Crippen LogP contribution in [-0.4, -0.2) is 57.3 Å². The van der Waals surface area contributed by atoms with Crippen LogP contribution in [0, 0.1) is 5.41 Å². The molecule has 0 bridgehead atoms. The van der Waals surface area contributed by atoms with Crippen molar-refractivity contribution in [3.63, 3.8) is 0 Å². The van der Waals surface area contributed by atoms with Gasteiger partial charge in [-0.05, 0) is 30.2 Å². The van der Waals surface area contributed by atoms with Crippen molar-refractivity contribution in [1.29, 1.82) is 0 Å². The molecule has 29 heavy (non-hydrogen) atoms. The molecule has 1 aromatic carbocycles. The fraction of sp³-hybridized carbons (Fsp3) is 0.500. The third-order valence-electron chi connectivity index (χ3n) is 6.41. The van der Waals surface area contributed by atoms with E-state index in [1.165, 1.54) is 0 Å². The van der Waals surface area contributed by atoms with Gasteiger partial charge in [-0.25, -0.2) is 4.98 Å². The molecule has 1 atom stereocenters. The van der Waals surface area contributed by atoms with Gasteiger partial charge < -0.3 is 20.5 Å². The Hall–Kier alpha value is -2.67. The van der Waals surface area contributed by atoms with Gasteiger partial charge in [0.1, 0.15) is 0 Å². The number of benzene rings is 1. The lowest BCUT2D eigenvalue weighted by Crippen LogP contribution is -2.54. The monoisotopic (exact) mass is 395 g/mol. The molecule has 1 aromatic heterocycles. The van der Waals surface area contributed by atoms with Crippen LogP contribution in [0.15, 0.2) is 42.9 Å². The van der Waals surface area contributed by atoms with Gasteiger partial charge in [-0.2, -0.15) is 0 Å². The Labute approximate surface area is 171 Å². The second-order valence-corrected chi connectivity index (χ2v) is 8.45. The lowest BCUT2D eigenvalue weighted by atomic mass is 9.72. The maximum absolute atomic E-state index is 12.8. The Bertz CT molecular complexity index is 828. The normalized spacial score (nSPS) is 20.1. The standard InChI is InChI=1S/C22H29N5O2/c23-19(12-18-13-24-16-25-18)21(29)26-10-8-22(9-11-26)7-6-20(28)27(15-22)14-17-4-2-1-3-5-17/h1-5,13,16,19H,6-12,14-15,23H2,(H,24,25)/t19-/m0/s1. The zero-order valence-corrected chi connectivity index (χ0v) is 16.7. The van der Waals surface area contributed by atoms with E-state index in [-0.39, 0.29) is 17.2 Å². The minimum absolute atomic E-state index is 0.00229. The first-order valence-corrected chi connectivity index (χ1v) is 10.4. The molecule has 7 heteroatoms. The fourth-order valence-corrected chi connectivity index (χ4v) is 4.61. The van der Waals surface area contributed by atoms with E-state index in [2.05, 4.69) is 22.1 Å². The highest BCUT2D eigenvalue weighted by Gasteiger charge is 2.42. The zero-order chi connectivity index (χ0) is 20.3. The van der Waals surface area contributed by atoms with Crippen molar-refractivity contribution in [1.82, 2.24) is 19.8 Å². The predicted molar refractivity (Wildman–Crippen MR) is 110 cm³/mol. The number of aromatic nitrogens is 2. The van der Waals surface area contributed by atoms with Crippen molar-refractivity contribution in [3.8, 4) is 0 Å². The average molecular weight is 396 g/mol. The Morgan fingerprint density at radius 1 is 1.21 bits per heavy atom. The second-order valence-electron chi connectivity index (χ2n) is 8.45. The van der Waals surface area contributed by atoms with Gasteiger partial charge >= 0.3 is 0 Å². The molecule has 2 saturated heterocycles. The number of carbonyl (C=O) groups excluding carboxylic acids is 2. The summed E-state index contributed by atoms with van der Waals surface area (Å²) in [4.78, 5) is 36.1. The van der Waals surface area contributed by atoms with Gasteiger partial charge in [0.2, 0.25) is 11.8 Å². The van der Waals surface area contributed by atoms with E-state index in [4.69, 9.17) is 5.73 Å². The molecular weight excluding hydrogens is 366 g/mol. The molecule has 3 N–H and O–H groups in total. The highest BCUT2D eigenvalue weighted by atomic mass is 16.2. The van der Waals surface area contributed by atoms with Crippen LogP contribution in [0.3, 0.4) is 0 Å². The second kappa shape index (κ2) is 8.37. The maximum atomic E-state index is 12.8. The van der Waals surface area contributed by atoms with E-state index in [0.717, 1.165) is 37.1 Å². The van der Waals surface area contributed by atoms with Gasteiger partial charge in [0, 0.05) is 50.9 Å². The molecule has 2 aliphatic rings. The van der Waals surface area contributed by atoms with Crippen LogP contribution in [0.5, 0.6) is 0 Å². The fourth-order valence-electron chi connectivity index (χ4n) is 4.61. The van der Waals surface area contributed by atoms with Crippen molar-refractivity contribution in [2.45, 2.75) is 44.7 Å². The van der Waals surface area contributed by atoms with Gasteiger partial charge in [-0.3, -0.25) is 9.59 Å². The third kappa shape index (κ3) is 4.50. The summed E-state index contributed by atoms with van der Waals surface area (Å²) >= 11 is 0. The van der Waals surface area contributed by atoms with Crippen molar-refractivity contribution in [3.05, 3.63) is 54.1 Å². The van der Waals surface area contributed by atoms with Crippen LogP contribution in [0.4, 0.5) is 0 Å². The number of hydrogen-bond acceptors (Lipinski definition) is 4. The van der Waals surface area contributed by atoms with Gasteiger partial charge in [0.15, 0.2) is 0 Å². The average Bonchev–Trinajstić information content (AvgIpc) is 3.25. The van der Waals surface area contributed by atoms with E-state index in [1.807, 2.05) is 28.0 Å². The minimum Gasteiger partial charge on any atom is -0.348 e. The molecule has 0 aliphatic carbocycles. The van der Waals surface area contributed by atoms with Crippen molar-refractivity contribution >= 4 is 11.8 Å². The number of imidazole rings is 1. The first-order chi connectivity index (χ1) is 14.0. The molecule has 2 amide bonds. The summed E-state index contributed by atoms with van der Waals surface area (Å²) in [5, 5.41) is 0. The van der Waals surface area contributed by atoms with Crippen molar-refractivity contribution in [2.75, 3.05) is 19.6 Å². The molecule has 2 aliphatic heterocycles. The zero-order valence-electron chi connectivity index (χ0n) is 16.7. The van der Waals surface area contributed by atoms with Crippen LogP contribution >= 0.6 is 0 Å². The molecule has 4 rings (SSSR count). The third-order valence-corrected chi connectivity index (χ3v) is 6.41. The summed E-state index contributed by atoms with van der Waals surface area (Å²) in [7, 11) is 0. The molecule has 2 aromatic rings. The van der Waals surface area contributed by atoms with Gasteiger partial charge in [0.25, 0.3) is 0 Å². The Morgan fingerprint density at radius 3 is 2.66 bits per heavy atom. The number of nitrogens with two attached hydrogens (primary N) is 1. The number of nitrogens with one attached hydrogen (secondary N) is 1. The van der Waals surface area contributed by atoms with E-state index < -0.39 is 6.04 Å². The van der Waals surface area contributed by atoms with Crippen molar-refractivity contribution in [2.24, 2.45) is 11.1 Å². The van der Waals surface area contributed by atoms with Gasteiger partial charge in [-0.15, -0.1) is 0 Å². The van der Waals surface area contributed by atoms with Gasteiger partial charge in [0.05, 0.1) is 12.4 Å². The molecule has 7 nitrogen and oxygen atoms in total. The van der Waals surface area contributed by atoms with Crippen LogP contribution in [0.1, 0.15) is 36.9 Å². The topological polar surface area (TPSA) is 95.3 Å². The molecule has 0 radical (unpaired) electrons. The maximum Gasteiger partial charge on any atom is 0.239 e. The smallest absolute Gasteiger partial charge is 0.239 e. The Morgan fingerprint density at radius 2 is 1.97 bits per heavy atom. The SMILES string of the molecule is N[C@@H](Cc1cnc[nH]1)C(=O)N1CCC2(CCC(=O)N(Cc3ccccc3)C2)CC1. The largest absolute Gasteiger partial charge is 0.348 e. The number of amides is 2. The summed E-state index contributed by atoms with van der Waals surface area (Å²) in [5.74, 6) is 0.238. The number of piperidine rings is 2. The lowest BCUT2D eigenvalue weighted by molar-refractivity contribution is -0.143. The Kier molecular flexibility index (Phi) is 5.67. The summed E-state index contributed by atoms with van der Waals surface area (Å²) in [5.41, 5.74) is 8.30. The molecular formula is C22H29N5O2. The number of hydrogen-bond donors (Lipinski definition) is 2. The summed E-state index contributed by atoms with van der Waals surface area (Å²) < 4.78 is 0. The summed E-state index contributed by atoms with van der Waals surface area (Å²) in [6, 6.07) is 9.60. The van der Waals surface area contributed by atoms with Crippen molar-refractivity contribution < 1.29 is 9.59 Å². The lowest BCUT2D eigenvalue weighted by Gasteiger charge is -2.47. The van der Waals surface area contributed by atoms with E-state index in [1.54, 1.807) is 12.5 Å². The van der Waals surface area contributed by atoms with E-state index in [0.29, 0.717) is 32.5 Å². The highest BCUT2D eigenvalue weighted by Crippen LogP contribution is 2.40. The molecule has 154 valence electrons. The number of aromatic amines is 1. The minimum atomic E-state index is -0.549. The van der Waals surface area contributed by atoms with Gasteiger partial charge in [-0.1, -0.05) is 30.3 Å². The van der Waals surface area contributed by atoms with Crippen LogP contribution in [-0.2, 0) is 22.6 Å². The number of likely N-dealkylation sites (tertiary alicyclic amines) is 2. The number of carbonyl (C=O) groups is 2. The van der Waals surface area contributed by atoms with Crippen LogP contribution in [0.2, 0.25) is 0 Å². The quantitative estimate of drug-likeness (QED) is 0.806. The molecule has 1 spiro atoms. The molecule has 0 saturated carbocycles. The highest BCUT2D eigenvalue weighted by molar-refractivity contribution is 5.82. The number of H-pyrrole nitrogens is 1.